The average Bonchev–Trinajstić information content (AvgIpc) is 3.30. The third-order valence-electron chi connectivity index (χ3n) is 6.26. The number of nitrogens with one attached hydrogen (secondary N) is 1. The second kappa shape index (κ2) is 7.87. The van der Waals surface area contributed by atoms with Gasteiger partial charge in [-0.05, 0) is 38.5 Å². The molecule has 2 heterocycles. The first-order valence-electron chi connectivity index (χ1n) is 10.4. The van der Waals surface area contributed by atoms with Crippen LogP contribution < -0.4 is 5.32 Å². The van der Waals surface area contributed by atoms with Gasteiger partial charge in [-0.15, -0.1) is 0 Å². The van der Waals surface area contributed by atoms with E-state index in [-0.39, 0.29) is 17.9 Å². The molecule has 1 N–H and O–H groups in total. The molecule has 0 radical (unpaired) electrons. The highest BCUT2D eigenvalue weighted by molar-refractivity contribution is 5.94. The number of nitrogens with zero attached hydrogens (tertiary/aromatic N) is 3. The van der Waals surface area contributed by atoms with E-state index in [1.54, 1.807) is 0 Å². The molecule has 0 saturated heterocycles. The summed E-state index contributed by atoms with van der Waals surface area (Å²) in [6, 6.07) is 0.273. The molecular weight excluding hydrogens is 340 g/mol. The third kappa shape index (κ3) is 3.94. The van der Waals surface area contributed by atoms with Gasteiger partial charge >= 0.3 is 0 Å². The van der Waals surface area contributed by atoms with Crippen LogP contribution >= 0.6 is 0 Å². The first-order chi connectivity index (χ1) is 13.1. The van der Waals surface area contributed by atoms with Crippen LogP contribution in [0.1, 0.15) is 79.5 Å². The SMILES string of the molecule is Cn1nc(C(=O)NC2CCCC2)c2c1CCN(C(=O)CC1=CCCCC1)C2. The van der Waals surface area contributed by atoms with E-state index in [4.69, 9.17) is 0 Å². The van der Waals surface area contributed by atoms with Crippen LogP contribution in [0.4, 0.5) is 0 Å². The molecule has 0 atom stereocenters. The predicted molar refractivity (Wildman–Crippen MR) is 103 cm³/mol. The number of amides is 2. The number of carbonyl (C=O) groups excluding carboxylic acids is 2. The first-order valence-corrected chi connectivity index (χ1v) is 10.4. The highest BCUT2D eigenvalue weighted by Gasteiger charge is 2.30. The van der Waals surface area contributed by atoms with Crippen molar-refractivity contribution < 1.29 is 9.59 Å². The van der Waals surface area contributed by atoms with E-state index in [9.17, 15) is 9.59 Å². The Kier molecular flexibility index (Phi) is 5.32. The molecule has 27 heavy (non-hydrogen) atoms. The molecule has 0 spiro atoms. The van der Waals surface area contributed by atoms with E-state index in [2.05, 4.69) is 16.5 Å². The topological polar surface area (TPSA) is 67.2 Å². The van der Waals surface area contributed by atoms with Crippen molar-refractivity contribution in [2.75, 3.05) is 6.54 Å². The molecule has 3 aliphatic rings. The van der Waals surface area contributed by atoms with Crippen LogP contribution in [0.5, 0.6) is 0 Å². The number of rotatable bonds is 4. The molecule has 0 bridgehead atoms. The van der Waals surface area contributed by atoms with Crippen molar-refractivity contribution in [3.05, 3.63) is 28.6 Å². The summed E-state index contributed by atoms with van der Waals surface area (Å²) in [7, 11) is 1.90. The summed E-state index contributed by atoms with van der Waals surface area (Å²) in [5.74, 6) is 0.0999. The highest BCUT2D eigenvalue weighted by atomic mass is 16.2. The number of hydrogen-bond donors (Lipinski definition) is 1. The van der Waals surface area contributed by atoms with E-state index in [1.165, 1.54) is 31.3 Å². The Morgan fingerprint density at radius 1 is 1.19 bits per heavy atom. The zero-order valence-electron chi connectivity index (χ0n) is 16.3. The monoisotopic (exact) mass is 370 g/mol. The van der Waals surface area contributed by atoms with Crippen molar-refractivity contribution in [3.63, 3.8) is 0 Å². The molecule has 6 heteroatoms. The second-order valence-corrected chi connectivity index (χ2v) is 8.20. The summed E-state index contributed by atoms with van der Waals surface area (Å²) >= 11 is 0. The van der Waals surface area contributed by atoms with E-state index in [0.29, 0.717) is 25.2 Å². The van der Waals surface area contributed by atoms with Crippen LogP contribution in [-0.4, -0.2) is 39.1 Å². The number of aryl methyl sites for hydroxylation is 1. The van der Waals surface area contributed by atoms with Crippen LogP contribution in [-0.2, 0) is 24.8 Å². The molecule has 1 aliphatic heterocycles. The smallest absolute Gasteiger partial charge is 0.272 e. The Bertz CT molecular complexity index is 758. The fourth-order valence-electron chi connectivity index (χ4n) is 4.68. The fourth-order valence-corrected chi connectivity index (χ4v) is 4.68. The summed E-state index contributed by atoms with van der Waals surface area (Å²) in [5.41, 5.74) is 3.81. The van der Waals surface area contributed by atoms with Gasteiger partial charge in [0, 0.05) is 50.3 Å². The van der Waals surface area contributed by atoms with Crippen molar-refractivity contribution in [2.24, 2.45) is 7.05 Å². The van der Waals surface area contributed by atoms with Crippen LogP contribution in [0.25, 0.3) is 0 Å². The molecule has 2 aliphatic carbocycles. The standard InChI is InChI=1S/C21H30N4O2/c1-24-18-11-12-25(19(26)13-15-7-3-2-4-8-15)14-17(18)20(23-24)21(27)22-16-9-5-6-10-16/h7,16H,2-6,8-14H2,1H3,(H,22,27). The summed E-state index contributed by atoms with van der Waals surface area (Å²) < 4.78 is 1.82. The van der Waals surface area contributed by atoms with Gasteiger partial charge in [0.2, 0.25) is 5.91 Å². The lowest BCUT2D eigenvalue weighted by Gasteiger charge is -2.28. The molecule has 1 saturated carbocycles. The summed E-state index contributed by atoms with van der Waals surface area (Å²) in [6.07, 6.45) is 12.6. The number of allylic oxidation sites excluding steroid dienone is 1. The molecule has 146 valence electrons. The predicted octanol–water partition coefficient (Wildman–Crippen LogP) is 2.87. The van der Waals surface area contributed by atoms with Gasteiger partial charge in [0.25, 0.3) is 5.91 Å². The van der Waals surface area contributed by atoms with Crippen LogP contribution in [0.2, 0.25) is 0 Å². The number of fused-ring (bicyclic) bond motifs is 1. The largest absolute Gasteiger partial charge is 0.348 e. The third-order valence-corrected chi connectivity index (χ3v) is 6.26. The lowest BCUT2D eigenvalue weighted by atomic mass is 9.96. The Hall–Kier alpha value is -2.11. The number of aromatic nitrogens is 2. The lowest BCUT2D eigenvalue weighted by molar-refractivity contribution is -0.131. The van der Waals surface area contributed by atoms with Crippen LogP contribution in [0.3, 0.4) is 0 Å². The molecule has 4 rings (SSSR count). The van der Waals surface area contributed by atoms with Gasteiger partial charge in [0.05, 0.1) is 0 Å². The summed E-state index contributed by atoms with van der Waals surface area (Å²) in [5, 5.41) is 7.64. The van der Waals surface area contributed by atoms with Crippen molar-refractivity contribution in [1.82, 2.24) is 20.0 Å². The molecule has 1 aromatic heterocycles. The van der Waals surface area contributed by atoms with Crippen molar-refractivity contribution in [1.29, 1.82) is 0 Å². The molecule has 0 unspecified atom stereocenters. The first kappa shape index (κ1) is 18.3. The van der Waals surface area contributed by atoms with Crippen LogP contribution in [0, 0.1) is 0 Å². The molecular formula is C21H30N4O2. The Morgan fingerprint density at radius 2 is 2.00 bits per heavy atom. The quantitative estimate of drug-likeness (QED) is 0.829. The molecule has 1 fully saturated rings. The van der Waals surface area contributed by atoms with E-state index in [1.807, 2.05) is 16.6 Å². The minimum atomic E-state index is -0.0805. The second-order valence-electron chi connectivity index (χ2n) is 8.20. The van der Waals surface area contributed by atoms with Gasteiger partial charge in [0.1, 0.15) is 0 Å². The van der Waals surface area contributed by atoms with Crippen molar-refractivity contribution in [2.45, 2.75) is 76.8 Å². The number of carbonyl (C=O) groups is 2. The van der Waals surface area contributed by atoms with Gasteiger partial charge in [-0.3, -0.25) is 14.3 Å². The Balaban J connectivity index is 1.46. The minimum Gasteiger partial charge on any atom is -0.348 e. The zero-order valence-corrected chi connectivity index (χ0v) is 16.3. The minimum absolute atomic E-state index is 0.0805. The van der Waals surface area contributed by atoms with Gasteiger partial charge in [0.15, 0.2) is 5.69 Å². The van der Waals surface area contributed by atoms with Gasteiger partial charge < -0.3 is 10.2 Å². The normalized spacial score (nSPS) is 20.3. The lowest BCUT2D eigenvalue weighted by Crippen LogP contribution is -2.38. The van der Waals surface area contributed by atoms with Crippen LogP contribution in [0.15, 0.2) is 11.6 Å². The highest BCUT2D eigenvalue weighted by Crippen LogP contribution is 2.26. The maximum absolute atomic E-state index is 12.8. The number of hydrogen-bond acceptors (Lipinski definition) is 3. The molecule has 0 aromatic carbocycles. The van der Waals surface area contributed by atoms with E-state index in [0.717, 1.165) is 43.4 Å². The molecule has 2 amide bonds. The maximum Gasteiger partial charge on any atom is 0.272 e. The maximum atomic E-state index is 12.8. The van der Waals surface area contributed by atoms with Crippen molar-refractivity contribution in [3.8, 4) is 0 Å². The van der Waals surface area contributed by atoms with Gasteiger partial charge in [-0.25, -0.2) is 0 Å². The van der Waals surface area contributed by atoms with E-state index >= 15 is 0 Å². The zero-order chi connectivity index (χ0) is 18.8. The van der Waals surface area contributed by atoms with Gasteiger partial charge in [-0.1, -0.05) is 24.5 Å². The van der Waals surface area contributed by atoms with E-state index < -0.39 is 0 Å². The summed E-state index contributed by atoms with van der Waals surface area (Å²) in [4.78, 5) is 27.5. The van der Waals surface area contributed by atoms with Crippen molar-refractivity contribution >= 4 is 11.8 Å². The fraction of sp³-hybridized carbons (Fsp3) is 0.667. The molecule has 6 nitrogen and oxygen atoms in total. The average molecular weight is 370 g/mol. The Labute approximate surface area is 161 Å². The Morgan fingerprint density at radius 3 is 2.74 bits per heavy atom. The molecule has 1 aromatic rings. The van der Waals surface area contributed by atoms with Gasteiger partial charge in [-0.2, -0.15) is 5.10 Å². The summed E-state index contributed by atoms with van der Waals surface area (Å²) in [6.45, 7) is 1.21.